The van der Waals surface area contributed by atoms with E-state index in [2.05, 4.69) is 54.2 Å². The number of nitrogens with one attached hydrogen (secondary N) is 1. The number of rotatable bonds is 5. The van der Waals surface area contributed by atoms with E-state index in [1.54, 1.807) is 0 Å². The van der Waals surface area contributed by atoms with Crippen LogP contribution in [0.2, 0.25) is 0 Å². The molecule has 0 radical (unpaired) electrons. The van der Waals surface area contributed by atoms with Gasteiger partial charge in [-0.2, -0.15) is 0 Å². The van der Waals surface area contributed by atoms with Gasteiger partial charge in [0.2, 0.25) is 0 Å². The maximum atomic E-state index is 5.93. The highest BCUT2D eigenvalue weighted by molar-refractivity contribution is 9.10. The maximum absolute atomic E-state index is 5.93. The molecule has 1 aliphatic rings. The zero-order chi connectivity index (χ0) is 14.8. The minimum absolute atomic E-state index is 0.199. The van der Waals surface area contributed by atoms with Crippen LogP contribution in [0.25, 0.3) is 0 Å². The average molecular weight is 361 g/mol. The van der Waals surface area contributed by atoms with Gasteiger partial charge in [0.25, 0.3) is 0 Å². The van der Waals surface area contributed by atoms with Crippen LogP contribution in [0.1, 0.15) is 38.3 Å². The van der Waals surface area contributed by atoms with E-state index >= 15 is 0 Å². The Morgan fingerprint density at radius 2 is 2.15 bits per heavy atom. The first kappa shape index (κ1) is 16.1. The Hall–Kier alpha value is -0.250. The monoisotopic (exact) mass is 359 g/mol. The Labute approximate surface area is 135 Å². The molecule has 0 bridgehead atoms. The predicted molar refractivity (Wildman–Crippen MR) is 88.8 cm³/mol. The molecule has 0 saturated carbocycles. The normalized spacial score (nSPS) is 15.8. The summed E-state index contributed by atoms with van der Waals surface area (Å²) in [4.78, 5) is 0. The summed E-state index contributed by atoms with van der Waals surface area (Å²) in [6.45, 7) is 8.36. The van der Waals surface area contributed by atoms with Gasteiger partial charge in [-0.15, -0.1) is 11.6 Å². The summed E-state index contributed by atoms with van der Waals surface area (Å²) < 4.78 is 6.90. The second-order valence-electron chi connectivity index (χ2n) is 6.43. The third-order valence-electron chi connectivity index (χ3n) is 3.81. The number of hydrogen-bond donors (Lipinski definition) is 1. The first-order chi connectivity index (χ1) is 9.41. The Kier molecular flexibility index (Phi) is 5.38. The van der Waals surface area contributed by atoms with Crippen molar-refractivity contribution in [2.24, 2.45) is 5.41 Å². The molecule has 1 heterocycles. The quantitative estimate of drug-likeness (QED) is 0.780. The summed E-state index contributed by atoms with van der Waals surface area (Å²) >= 11 is 9.52. The van der Waals surface area contributed by atoms with Crippen LogP contribution in [0.3, 0.4) is 0 Å². The van der Waals surface area contributed by atoms with E-state index in [9.17, 15) is 0 Å². The van der Waals surface area contributed by atoms with Gasteiger partial charge < -0.3 is 10.1 Å². The van der Waals surface area contributed by atoms with Gasteiger partial charge >= 0.3 is 0 Å². The van der Waals surface area contributed by atoms with E-state index < -0.39 is 0 Å². The van der Waals surface area contributed by atoms with Crippen LogP contribution in [0.15, 0.2) is 16.6 Å². The molecule has 4 heteroatoms. The van der Waals surface area contributed by atoms with Crippen molar-refractivity contribution in [2.75, 3.05) is 12.5 Å². The number of benzene rings is 1. The van der Waals surface area contributed by atoms with Crippen LogP contribution in [-0.4, -0.2) is 18.5 Å². The summed E-state index contributed by atoms with van der Waals surface area (Å²) in [6.07, 6.45) is 1.98. The summed E-state index contributed by atoms with van der Waals surface area (Å²) in [7, 11) is 0. The molecule has 2 rings (SSSR count). The van der Waals surface area contributed by atoms with Crippen LogP contribution in [0, 0.1) is 5.41 Å². The minimum Gasteiger partial charge on any atom is -0.493 e. The predicted octanol–water partition coefficient (Wildman–Crippen LogP) is 4.52. The zero-order valence-electron chi connectivity index (χ0n) is 12.4. The van der Waals surface area contributed by atoms with Crippen LogP contribution >= 0.6 is 27.5 Å². The van der Waals surface area contributed by atoms with Crippen molar-refractivity contribution in [1.29, 1.82) is 0 Å². The van der Waals surface area contributed by atoms with Gasteiger partial charge in [-0.25, -0.2) is 0 Å². The third-order valence-corrected chi connectivity index (χ3v) is 4.48. The molecule has 20 heavy (non-hydrogen) atoms. The van der Waals surface area contributed by atoms with Crippen molar-refractivity contribution in [2.45, 2.75) is 46.2 Å². The van der Waals surface area contributed by atoms with Crippen molar-refractivity contribution in [1.82, 2.24) is 5.32 Å². The molecule has 0 aromatic heterocycles. The van der Waals surface area contributed by atoms with Gasteiger partial charge in [-0.05, 0) is 29.5 Å². The van der Waals surface area contributed by atoms with E-state index in [1.165, 1.54) is 11.1 Å². The van der Waals surface area contributed by atoms with Gasteiger partial charge in [-0.3, -0.25) is 0 Å². The van der Waals surface area contributed by atoms with Gasteiger partial charge in [0, 0.05) is 34.9 Å². The average Bonchev–Trinajstić information content (AvgIpc) is 2.80. The van der Waals surface area contributed by atoms with E-state index in [0.717, 1.165) is 36.2 Å². The largest absolute Gasteiger partial charge is 0.493 e. The molecule has 1 atom stereocenters. The fourth-order valence-electron chi connectivity index (χ4n) is 2.66. The second kappa shape index (κ2) is 6.67. The molecule has 2 nitrogen and oxygen atoms in total. The van der Waals surface area contributed by atoms with E-state index in [1.807, 2.05) is 0 Å². The molecule has 1 unspecified atom stereocenters. The Morgan fingerprint density at radius 3 is 2.80 bits per heavy atom. The summed E-state index contributed by atoms with van der Waals surface area (Å²) in [5.41, 5.74) is 2.74. The first-order valence-electron chi connectivity index (χ1n) is 7.15. The molecule has 0 fully saturated rings. The van der Waals surface area contributed by atoms with E-state index in [4.69, 9.17) is 16.3 Å². The number of hydrogen-bond acceptors (Lipinski definition) is 2. The molecular weight excluding hydrogens is 338 g/mol. The SMILES string of the molecule is CC(C)(C)C(CCCl)NCc1cc(Br)cc2c1OCC2. The highest BCUT2D eigenvalue weighted by atomic mass is 79.9. The summed E-state index contributed by atoms with van der Waals surface area (Å²) in [5.74, 6) is 1.75. The Bertz CT molecular complexity index is 470. The van der Waals surface area contributed by atoms with Crippen molar-refractivity contribution < 1.29 is 4.74 Å². The van der Waals surface area contributed by atoms with E-state index in [0.29, 0.717) is 11.9 Å². The fraction of sp³-hybridized carbons (Fsp3) is 0.625. The lowest BCUT2D eigenvalue weighted by molar-refractivity contribution is 0.259. The summed E-state index contributed by atoms with van der Waals surface area (Å²) in [5, 5.41) is 3.65. The molecule has 112 valence electrons. The number of alkyl halides is 1. The number of ether oxygens (including phenoxy) is 1. The smallest absolute Gasteiger partial charge is 0.127 e. The topological polar surface area (TPSA) is 21.3 Å². The first-order valence-corrected chi connectivity index (χ1v) is 8.48. The van der Waals surface area contributed by atoms with Crippen LogP contribution in [-0.2, 0) is 13.0 Å². The van der Waals surface area contributed by atoms with Crippen molar-refractivity contribution in [3.63, 3.8) is 0 Å². The van der Waals surface area contributed by atoms with Gasteiger partial charge in [0.15, 0.2) is 0 Å². The highest BCUT2D eigenvalue weighted by Gasteiger charge is 2.24. The summed E-state index contributed by atoms with van der Waals surface area (Å²) in [6, 6.07) is 4.71. The molecular formula is C16H23BrClNO. The second-order valence-corrected chi connectivity index (χ2v) is 7.72. The van der Waals surface area contributed by atoms with Crippen molar-refractivity contribution >= 4 is 27.5 Å². The molecule has 1 aromatic carbocycles. The lowest BCUT2D eigenvalue weighted by Crippen LogP contribution is -2.40. The van der Waals surface area contributed by atoms with Crippen LogP contribution in [0.5, 0.6) is 5.75 Å². The molecule has 0 spiro atoms. The van der Waals surface area contributed by atoms with Crippen LogP contribution < -0.4 is 10.1 Å². The van der Waals surface area contributed by atoms with Gasteiger partial charge in [0.05, 0.1) is 6.61 Å². The lowest BCUT2D eigenvalue weighted by atomic mass is 9.85. The number of fused-ring (bicyclic) bond motifs is 1. The van der Waals surface area contributed by atoms with Crippen molar-refractivity contribution in [3.8, 4) is 5.75 Å². The standard InChI is InChI=1S/C16H23BrClNO/c1-16(2,3)14(4-6-18)19-10-12-9-13(17)8-11-5-7-20-15(11)12/h8-9,14,19H,4-7,10H2,1-3H3. The van der Waals surface area contributed by atoms with Crippen molar-refractivity contribution in [3.05, 3.63) is 27.7 Å². The van der Waals surface area contributed by atoms with Gasteiger partial charge in [-0.1, -0.05) is 36.7 Å². The van der Waals surface area contributed by atoms with E-state index in [-0.39, 0.29) is 5.41 Å². The number of halogens is 2. The molecule has 0 aliphatic carbocycles. The highest BCUT2D eigenvalue weighted by Crippen LogP contribution is 2.33. The molecule has 0 saturated heterocycles. The maximum Gasteiger partial charge on any atom is 0.127 e. The minimum atomic E-state index is 0.199. The zero-order valence-corrected chi connectivity index (χ0v) is 14.8. The van der Waals surface area contributed by atoms with Gasteiger partial charge in [0.1, 0.15) is 5.75 Å². The lowest BCUT2D eigenvalue weighted by Gasteiger charge is -2.31. The molecule has 1 N–H and O–H groups in total. The Morgan fingerprint density at radius 1 is 1.40 bits per heavy atom. The van der Waals surface area contributed by atoms with Crippen LogP contribution in [0.4, 0.5) is 0 Å². The molecule has 1 aromatic rings. The fourth-order valence-corrected chi connectivity index (χ4v) is 3.43. The molecule has 1 aliphatic heterocycles. The molecule has 0 amide bonds. The third kappa shape index (κ3) is 3.90. The Balaban J connectivity index is 2.10.